The number of nitrogens with two attached hydrogens (primary N) is 1. The normalized spacial score (nSPS) is 26.7. The largest absolute Gasteiger partial charge is 0.345 e. The van der Waals surface area contributed by atoms with E-state index in [1.54, 1.807) is 0 Å². The number of rotatable bonds is 1. The van der Waals surface area contributed by atoms with Crippen LogP contribution in [-0.4, -0.2) is 16.0 Å². The summed E-state index contributed by atoms with van der Waals surface area (Å²) in [6.07, 6.45) is 9.94. The molecular weight excluding hydrogens is 198 g/mol. The highest BCUT2D eigenvalue weighted by Gasteiger charge is 2.23. The van der Waals surface area contributed by atoms with Gasteiger partial charge >= 0.3 is 0 Å². The number of aromatic amines is 1. The molecule has 0 bridgehead atoms. The monoisotopic (exact) mass is 219 g/mol. The fourth-order valence-electron chi connectivity index (χ4n) is 3.10. The summed E-state index contributed by atoms with van der Waals surface area (Å²) in [5.41, 5.74) is 8.60. The number of aryl methyl sites for hydroxylation is 1. The summed E-state index contributed by atoms with van der Waals surface area (Å²) >= 11 is 0. The summed E-state index contributed by atoms with van der Waals surface area (Å²) in [6, 6.07) is 0.340. The molecule has 1 heterocycles. The number of aromatic nitrogens is 2. The number of fused-ring (bicyclic) bond motifs is 1. The van der Waals surface area contributed by atoms with Gasteiger partial charge in [0.1, 0.15) is 5.82 Å². The summed E-state index contributed by atoms with van der Waals surface area (Å²) in [5.74, 6) is 1.94. The molecule has 3 N–H and O–H groups in total. The second-order valence-electron chi connectivity index (χ2n) is 5.39. The van der Waals surface area contributed by atoms with Gasteiger partial charge in [0, 0.05) is 24.1 Å². The minimum absolute atomic E-state index is 0.340. The van der Waals surface area contributed by atoms with Gasteiger partial charge in [-0.2, -0.15) is 0 Å². The number of nitrogens with zero attached hydrogens (tertiary/aromatic N) is 1. The van der Waals surface area contributed by atoms with Crippen LogP contribution in [-0.2, 0) is 12.8 Å². The van der Waals surface area contributed by atoms with Crippen LogP contribution in [0.5, 0.6) is 0 Å². The van der Waals surface area contributed by atoms with Gasteiger partial charge in [0.2, 0.25) is 0 Å². The second-order valence-corrected chi connectivity index (χ2v) is 5.39. The van der Waals surface area contributed by atoms with E-state index in [9.17, 15) is 0 Å². The van der Waals surface area contributed by atoms with E-state index in [0.29, 0.717) is 12.0 Å². The number of hydrogen-bond acceptors (Lipinski definition) is 2. The Morgan fingerprint density at radius 2 is 1.94 bits per heavy atom. The first-order valence-electron chi connectivity index (χ1n) is 6.66. The van der Waals surface area contributed by atoms with E-state index in [-0.39, 0.29) is 0 Å². The molecule has 1 aromatic heterocycles. The van der Waals surface area contributed by atoms with E-state index < -0.39 is 0 Å². The molecule has 0 aromatic carbocycles. The van der Waals surface area contributed by atoms with Gasteiger partial charge < -0.3 is 10.7 Å². The first-order valence-corrected chi connectivity index (χ1v) is 6.66. The van der Waals surface area contributed by atoms with E-state index in [0.717, 1.165) is 19.3 Å². The van der Waals surface area contributed by atoms with Crippen molar-refractivity contribution in [3.8, 4) is 0 Å². The third kappa shape index (κ3) is 1.88. The van der Waals surface area contributed by atoms with Gasteiger partial charge in [-0.05, 0) is 25.7 Å². The predicted molar refractivity (Wildman–Crippen MR) is 64.4 cm³/mol. The molecule has 16 heavy (non-hydrogen) atoms. The molecule has 0 spiro atoms. The Bertz CT molecular complexity index is 363. The van der Waals surface area contributed by atoms with E-state index in [4.69, 9.17) is 10.7 Å². The van der Waals surface area contributed by atoms with E-state index >= 15 is 0 Å². The van der Waals surface area contributed by atoms with Crippen molar-refractivity contribution in [1.29, 1.82) is 0 Å². The molecule has 2 aliphatic rings. The van der Waals surface area contributed by atoms with E-state index in [2.05, 4.69) is 4.98 Å². The van der Waals surface area contributed by atoms with Gasteiger partial charge in [0.15, 0.2) is 0 Å². The lowest BCUT2D eigenvalue weighted by Gasteiger charge is -2.19. The lowest BCUT2D eigenvalue weighted by Crippen LogP contribution is -2.27. The number of hydrogen-bond donors (Lipinski definition) is 2. The molecule has 2 aliphatic carbocycles. The Labute approximate surface area is 96.8 Å². The molecular formula is C13H21N3. The SMILES string of the molecule is N[C@H]1CCc2nc(C3CCCCC3)[nH]c2C1. The third-order valence-corrected chi connectivity index (χ3v) is 4.09. The van der Waals surface area contributed by atoms with Gasteiger partial charge in [-0.1, -0.05) is 19.3 Å². The highest BCUT2D eigenvalue weighted by molar-refractivity contribution is 5.21. The van der Waals surface area contributed by atoms with Crippen LogP contribution >= 0.6 is 0 Å². The number of imidazole rings is 1. The van der Waals surface area contributed by atoms with E-state index in [1.807, 2.05) is 0 Å². The average Bonchev–Trinajstić information content (AvgIpc) is 2.73. The highest BCUT2D eigenvalue weighted by atomic mass is 15.0. The summed E-state index contributed by atoms with van der Waals surface area (Å²) in [4.78, 5) is 8.34. The molecule has 1 aromatic rings. The molecule has 0 aliphatic heterocycles. The Hall–Kier alpha value is -0.830. The van der Waals surface area contributed by atoms with Gasteiger partial charge in [0.25, 0.3) is 0 Å². The third-order valence-electron chi connectivity index (χ3n) is 4.09. The van der Waals surface area contributed by atoms with Crippen LogP contribution in [0.1, 0.15) is 61.7 Å². The Kier molecular flexibility index (Phi) is 2.72. The second kappa shape index (κ2) is 4.21. The van der Waals surface area contributed by atoms with Gasteiger partial charge in [-0.15, -0.1) is 0 Å². The van der Waals surface area contributed by atoms with Gasteiger partial charge in [0.05, 0.1) is 5.69 Å². The zero-order chi connectivity index (χ0) is 11.0. The molecule has 3 nitrogen and oxygen atoms in total. The predicted octanol–water partition coefficient (Wildman–Crippen LogP) is 2.27. The van der Waals surface area contributed by atoms with Crippen molar-refractivity contribution in [2.24, 2.45) is 5.73 Å². The van der Waals surface area contributed by atoms with Crippen molar-refractivity contribution in [3.05, 3.63) is 17.2 Å². The van der Waals surface area contributed by atoms with E-state index in [1.165, 1.54) is 49.3 Å². The summed E-state index contributed by atoms with van der Waals surface area (Å²) < 4.78 is 0. The topological polar surface area (TPSA) is 54.7 Å². The zero-order valence-corrected chi connectivity index (χ0v) is 9.84. The molecule has 1 atom stereocenters. The van der Waals surface area contributed by atoms with Crippen LogP contribution in [0.25, 0.3) is 0 Å². The molecule has 0 radical (unpaired) electrons. The van der Waals surface area contributed by atoms with Crippen LogP contribution in [0.2, 0.25) is 0 Å². The minimum Gasteiger partial charge on any atom is -0.345 e. The average molecular weight is 219 g/mol. The highest BCUT2D eigenvalue weighted by Crippen LogP contribution is 2.32. The van der Waals surface area contributed by atoms with Crippen molar-refractivity contribution in [3.63, 3.8) is 0 Å². The molecule has 3 heteroatoms. The zero-order valence-electron chi connectivity index (χ0n) is 9.84. The van der Waals surface area contributed by atoms with Crippen molar-refractivity contribution >= 4 is 0 Å². The Morgan fingerprint density at radius 1 is 1.12 bits per heavy atom. The molecule has 0 saturated heterocycles. The fraction of sp³-hybridized carbons (Fsp3) is 0.769. The van der Waals surface area contributed by atoms with Crippen molar-refractivity contribution in [1.82, 2.24) is 9.97 Å². The fourth-order valence-corrected chi connectivity index (χ4v) is 3.10. The minimum atomic E-state index is 0.340. The maximum Gasteiger partial charge on any atom is 0.109 e. The first kappa shape index (κ1) is 10.3. The quantitative estimate of drug-likeness (QED) is 0.761. The lowest BCUT2D eigenvalue weighted by molar-refractivity contribution is 0.430. The van der Waals surface area contributed by atoms with Crippen LogP contribution in [0.4, 0.5) is 0 Å². The molecule has 0 amide bonds. The van der Waals surface area contributed by atoms with Crippen LogP contribution in [0.3, 0.4) is 0 Å². The van der Waals surface area contributed by atoms with Crippen LogP contribution in [0, 0.1) is 0 Å². The Morgan fingerprint density at radius 3 is 2.75 bits per heavy atom. The van der Waals surface area contributed by atoms with Crippen molar-refractivity contribution in [2.75, 3.05) is 0 Å². The summed E-state index contributed by atoms with van der Waals surface area (Å²) in [5, 5.41) is 0. The van der Waals surface area contributed by atoms with Crippen LogP contribution < -0.4 is 5.73 Å². The number of H-pyrrole nitrogens is 1. The molecule has 1 saturated carbocycles. The standard InChI is InChI=1S/C13H21N3/c14-10-6-7-11-12(8-10)16-13(15-11)9-4-2-1-3-5-9/h9-10H,1-8,14H2,(H,15,16)/t10-/m0/s1. The lowest BCUT2D eigenvalue weighted by atomic mass is 9.89. The molecule has 88 valence electrons. The molecule has 3 rings (SSSR count). The van der Waals surface area contributed by atoms with Crippen LogP contribution in [0.15, 0.2) is 0 Å². The smallest absolute Gasteiger partial charge is 0.109 e. The Balaban J connectivity index is 1.80. The molecule has 1 fully saturated rings. The summed E-state index contributed by atoms with van der Waals surface area (Å²) in [6.45, 7) is 0. The molecule has 0 unspecified atom stereocenters. The maximum absolute atomic E-state index is 5.99. The first-order chi connectivity index (χ1) is 7.83. The van der Waals surface area contributed by atoms with Gasteiger partial charge in [-0.25, -0.2) is 4.98 Å². The van der Waals surface area contributed by atoms with Gasteiger partial charge in [-0.3, -0.25) is 0 Å². The van der Waals surface area contributed by atoms with Crippen molar-refractivity contribution < 1.29 is 0 Å². The van der Waals surface area contributed by atoms with Crippen molar-refractivity contribution in [2.45, 2.75) is 63.3 Å². The number of nitrogens with one attached hydrogen (secondary N) is 1. The maximum atomic E-state index is 5.99. The summed E-state index contributed by atoms with van der Waals surface area (Å²) in [7, 11) is 0.